The van der Waals surface area contributed by atoms with E-state index in [1.54, 1.807) is 0 Å². The second kappa shape index (κ2) is 3.97. The van der Waals surface area contributed by atoms with Crippen LogP contribution in [0.1, 0.15) is 23.1 Å². The molecule has 0 saturated carbocycles. The summed E-state index contributed by atoms with van der Waals surface area (Å²) < 4.78 is 0. The molecule has 68 valence electrons. The Morgan fingerprint density at radius 1 is 1.23 bits per heavy atom. The predicted octanol–water partition coefficient (Wildman–Crippen LogP) is 3.43. The van der Waals surface area contributed by atoms with Crippen LogP contribution in [0.3, 0.4) is 0 Å². The van der Waals surface area contributed by atoms with Crippen molar-refractivity contribution in [1.29, 1.82) is 0 Å². The molecule has 0 radical (unpaired) electrons. The minimum absolute atomic E-state index is 0.710. The van der Waals surface area contributed by atoms with Gasteiger partial charge in [0.15, 0.2) is 0 Å². The van der Waals surface area contributed by atoms with Gasteiger partial charge in [-0.25, -0.2) is 0 Å². The lowest BCUT2D eigenvalue weighted by Gasteiger charge is -2.18. The quantitative estimate of drug-likeness (QED) is 0.644. The molecule has 0 amide bonds. The first-order valence-electron chi connectivity index (χ1n) is 4.74. The van der Waals surface area contributed by atoms with Crippen LogP contribution in [0, 0.1) is 0 Å². The molecule has 0 spiro atoms. The molecule has 1 aromatic carbocycles. The number of aryl methyl sites for hydroxylation is 2. The first kappa shape index (κ1) is 8.83. The summed E-state index contributed by atoms with van der Waals surface area (Å²) >= 11 is 5.58. The molecule has 1 heteroatoms. The summed E-state index contributed by atoms with van der Waals surface area (Å²) in [6.45, 7) is 0. The Hall–Kier alpha value is -0.750. The number of fused-ring (bicyclic) bond motifs is 1. The molecule has 0 saturated heterocycles. The van der Waals surface area contributed by atoms with Crippen LogP contribution in [0.15, 0.2) is 24.3 Å². The van der Waals surface area contributed by atoms with Crippen molar-refractivity contribution in [3.05, 3.63) is 41.0 Å². The maximum atomic E-state index is 5.58. The second-order valence-electron chi connectivity index (χ2n) is 3.41. The minimum atomic E-state index is 0.710. The average Bonchev–Trinajstić information content (AvgIpc) is 2.10. The van der Waals surface area contributed by atoms with Crippen LogP contribution in [-0.2, 0) is 12.8 Å². The van der Waals surface area contributed by atoms with E-state index in [9.17, 15) is 0 Å². The third kappa shape index (κ3) is 1.94. The third-order valence-electron chi connectivity index (χ3n) is 2.48. The third-order valence-corrected chi connectivity index (χ3v) is 2.70. The highest BCUT2D eigenvalue weighted by Gasteiger charge is 2.11. The highest BCUT2D eigenvalue weighted by molar-refractivity contribution is 6.17. The van der Waals surface area contributed by atoms with E-state index < -0.39 is 0 Å². The number of hydrogen-bond donors (Lipinski definition) is 0. The lowest BCUT2D eigenvalue weighted by molar-refractivity contribution is 0.839. The Labute approximate surface area is 84.2 Å². The molecule has 0 nitrogen and oxygen atoms in total. The molecule has 13 heavy (non-hydrogen) atoms. The van der Waals surface area contributed by atoms with Crippen molar-refractivity contribution in [1.82, 2.24) is 0 Å². The smallest absolute Gasteiger partial charge is 0.0258 e. The van der Waals surface area contributed by atoms with Gasteiger partial charge in [-0.05, 0) is 36.0 Å². The summed E-state index contributed by atoms with van der Waals surface area (Å²) in [5, 5.41) is 0. The molecule has 0 unspecified atom stereocenters. The van der Waals surface area contributed by atoms with Crippen molar-refractivity contribution < 1.29 is 0 Å². The summed E-state index contributed by atoms with van der Waals surface area (Å²) in [6, 6.07) is 6.70. The van der Waals surface area contributed by atoms with E-state index >= 15 is 0 Å². The van der Waals surface area contributed by atoms with Crippen molar-refractivity contribution in [2.75, 3.05) is 5.88 Å². The van der Waals surface area contributed by atoms with E-state index in [2.05, 4.69) is 30.4 Å². The molecule has 1 aliphatic rings. The van der Waals surface area contributed by atoms with Gasteiger partial charge in [-0.15, -0.1) is 11.6 Å². The van der Waals surface area contributed by atoms with Gasteiger partial charge in [0.05, 0.1) is 0 Å². The van der Waals surface area contributed by atoms with E-state index in [1.165, 1.54) is 29.5 Å². The maximum absolute atomic E-state index is 5.58. The standard InChI is InChI=1S/C12H13Cl/c13-8-2-1-3-10-4-5-11-6-7-12(11)9-10/h1,3-5,9H,2,6-8H2. The molecule has 1 aromatic rings. The summed E-state index contributed by atoms with van der Waals surface area (Å²) in [4.78, 5) is 0. The van der Waals surface area contributed by atoms with Gasteiger partial charge < -0.3 is 0 Å². The number of benzene rings is 1. The molecule has 0 bridgehead atoms. The highest BCUT2D eigenvalue weighted by atomic mass is 35.5. The van der Waals surface area contributed by atoms with Gasteiger partial charge in [0.2, 0.25) is 0 Å². The number of allylic oxidation sites excluding steroid dienone is 1. The van der Waals surface area contributed by atoms with E-state index in [0.717, 1.165) is 6.42 Å². The van der Waals surface area contributed by atoms with E-state index in [0.29, 0.717) is 5.88 Å². The molecule has 2 rings (SSSR count). The second-order valence-corrected chi connectivity index (χ2v) is 3.79. The fourth-order valence-corrected chi connectivity index (χ4v) is 1.73. The number of halogens is 1. The summed E-state index contributed by atoms with van der Waals surface area (Å²) in [5.74, 6) is 0.710. The summed E-state index contributed by atoms with van der Waals surface area (Å²) in [6.07, 6.45) is 7.76. The van der Waals surface area contributed by atoms with Crippen LogP contribution >= 0.6 is 11.6 Å². The predicted molar refractivity (Wildman–Crippen MR) is 58.2 cm³/mol. The van der Waals surface area contributed by atoms with Crippen LogP contribution in [0.5, 0.6) is 0 Å². The van der Waals surface area contributed by atoms with Crippen molar-refractivity contribution in [3.8, 4) is 0 Å². The van der Waals surface area contributed by atoms with Crippen LogP contribution in [0.2, 0.25) is 0 Å². The topological polar surface area (TPSA) is 0 Å². The van der Waals surface area contributed by atoms with Gasteiger partial charge in [0, 0.05) is 5.88 Å². The van der Waals surface area contributed by atoms with Crippen molar-refractivity contribution in [2.24, 2.45) is 0 Å². The van der Waals surface area contributed by atoms with E-state index in [-0.39, 0.29) is 0 Å². The zero-order chi connectivity index (χ0) is 9.10. The molecule has 0 N–H and O–H groups in total. The van der Waals surface area contributed by atoms with Gasteiger partial charge in [-0.1, -0.05) is 30.4 Å². The Morgan fingerprint density at radius 2 is 2.08 bits per heavy atom. The zero-order valence-electron chi connectivity index (χ0n) is 7.59. The van der Waals surface area contributed by atoms with Gasteiger partial charge in [0.1, 0.15) is 0 Å². The maximum Gasteiger partial charge on any atom is 0.0258 e. The molecular weight excluding hydrogens is 180 g/mol. The van der Waals surface area contributed by atoms with Crippen LogP contribution < -0.4 is 0 Å². The molecule has 1 aliphatic carbocycles. The lowest BCUT2D eigenvalue weighted by atomic mass is 9.87. The fraction of sp³-hybridized carbons (Fsp3) is 0.333. The van der Waals surface area contributed by atoms with Crippen molar-refractivity contribution >= 4 is 17.7 Å². The molecule has 0 aliphatic heterocycles. The van der Waals surface area contributed by atoms with E-state index in [4.69, 9.17) is 11.6 Å². The van der Waals surface area contributed by atoms with Crippen molar-refractivity contribution in [2.45, 2.75) is 19.3 Å². The minimum Gasteiger partial charge on any atom is -0.126 e. The number of alkyl halides is 1. The Balaban J connectivity index is 2.09. The molecule has 0 heterocycles. The van der Waals surface area contributed by atoms with Crippen LogP contribution in [0.25, 0.3) is 6.08 Å². The van der Waals surface area contributed by atoms with Crippen LogP contribution in [-0.4, -0.2) is 5.88 Å². The first-order valence-corrected chi connectivity index (χ1v) is 5.28. The first-order chi connectivity index (χ1) is 6.40. The van der Waals surface area contributed by atoms with Gasteiger partial charge in [-0.3, -0.25) is 0 Å². The van der Waals surface area contributed by atoms with Gasteiger partial charge in [0.25, 0.3) is 0 Å². The molecular formula is C12H13Cl. The Kier molecular flexibility index (Phi) is 2.70. The van der Waals surface area contributed by atoms with Crippen LogP contribution in [0.4, 0.5) is 0 Å². The van der Waals surface area contributed by atoms with Gasteiger partial charge >= 0.3 is 0 Å². The number of rotatable bonds is 3. The summed E-state index contributed by atoms with van der Waals surface area (Å²) in [5.41, 5.74) is 4.35. The SMILES string of the molecule is ClCCC=Cc1ccc2c(c1)CC2. The monoisotopic (exact) mass is 192 g/mol. The Bertz CT molecular complexity index is 326. The Morgan fingerprint density at radius 3 is 2.69 bits per heavy atom. The number of hydrogen-bond acceptors (Lipinski definition) is 0. The average molecular weight is 193 g/mol. The van der Waals surface area contributed by atoms with Crippen molar-refractivity contribution in [3.63, 3.8) is 0 Å². The molecule has 0 atom stereocenters. The normalized spacial score (nSPS) is 14.2. The summed E-state index contributed by atoms with van der Waals surface area (Å²) in [7, 11) is 0. The highest BCUT2D eigenvalue weighted by Crippen LogP contribution is 2.24. The fourth-order valence-electron chi connectivity index (χ4n) is 1.60. The molecule has 0 fully saturated rings. The van der Waals surface area contributed by atoms with E-state index in [1.807, 2.05) is 0 Å². The molecule has 0 aromatic heterocycles. The van der Waals surface area contributed by atoms with Gasteiger partial charge in [-0.2, -0.15) is 0 Å². The largest absolute Gasteiger partial charge is 0.126 e. The zero-order valence-corrected chi connectivity index (χ0v) is 8.35. The lowest BCUT2D eigenvalue weighted by Crippen LogP contribution is -2.07.